The molecule has 0 unspecified atom stereocenters. The van der Waals surface area contributed by atoms with Crippen LogP contribution < -0.4 is 5.73 Å². The van der Waals surface area contributed by atoms with E-state index in [2.05, 4.69) is 15.9 Å². The van der Waals surface area contributed by atoms with Crippen molar-refractivity contribution in [1.29, 1.82) is 0 Å². The van der Waals surface area contributed by atoms with Gasteiger partial charge in [-0.1, -0.05) is 0 Å². The maximum Gasteiger partial charge on any atom is 0.254 e. The lowest BCUT2D eigenvalue weighted by Gasteiger charge is -2.35. The van der Waals surface area contributed by atoms with Crippen LogP contribution in [0.4, 0.5) is 5.69 Å². The summed E-state index contributed by atoms with van der Waals surface area (Å²) in [5.41, 5.74) is 6.97. The van der Waals surface area contributed by atoms with Crippen LogP contribution in [0.3, 0.4) is 0 Å². The van der Waals surface area contributed by atoms with Crippen LogP contribution in [0.25, 0.3) is 0 Å². The molecule has 6 heteroatoms. The molecular formula is C15H18BrN3O2. The second-order valence-corrected chi connectivity index (χ2v) is 6.48. The molecule has 2 amide bonds. The zero-order chi connectivity index (χ0) is 15.0. The average molecular weight is 352 g/mol. The Hall–Kier alpha value is -1.56. The van der Waals surface area contributed by atoms with Gasteiger partial charge in [0.05, 0.1) is 0 Å². The van der Waals surface area contributed by atoms with Crippen LogP contribution in [-0.4, -0.2) is 47.8 Å². The number of carbonyl (C=O) groups is 2. The van der Waals surface area contributed by atoms with Gasteiger partial charge in [-0.25, -0.2) is 0 Å². The fraction of sp³-hybridized carbons (Fsp3) is 0.467. The number of halogens is 1. The van der Waals surface area contributed by atoms with Gasteiger partial charge in [0.2, 0.25) is 5.91 Å². The van der Waals surface area contributed by atoms with Crippen molar-refractivity contribution in [2.75, 3.05) is 31.9 Å². The fourth-order valence-electron chi connectivity index (χ4n) is 2.58. The number of piperazine rings is 1. The highest BCUT2D eigenvalue weighted by Gasteiger charge is 2.35. The number of amides is 2. The summed E-state index contributed by atoms with van der Waals surface area (Å²) in [5, 5.41) is 0. The zero-order valence-corrected chi connectivity index (χ0v) is 13.3. The van der Waals surface area contributed by atoms with E-state index in [0.717, 1.165) is 17.3 Å². The first-order chi connectivity index (χ1) is 10.1. The molecule has 5 nitrogen and oxygen atoms in total. The smallest absolute Gasteiger partial charge is 0.254 e. The summed E-state index contributed by atoms with van der Waals surface area (Å²) in [4.78, 5) is 28.1. The highest BCUT2D eigenvalue weighted by Crippen LogP contribution is 2.31. The molecule has 0 bridgehead atoms. The highest BCUT2D eigenvalue weighted by molar-refractivity contribution is 9.10. The Morgan fingerprint density at radius 3 is 2.29 bits per heavy atom. The Kier molecular flexibility index (Phi) is 3.89. The normalized spacial score (nSPS) is 18.7. The van der Waals surface area contributed by atoms with Crippen LogP contribution in [0.2, 0.25) is 0 Å². The average Bonchev–Trinajstić information content (AvgIpc) is 3.33. The Morgan fingerprint density at radius 2 is 1.71 bits per heavy atom. The number of nitrogen functional groups attached to an aromatic ring is 1. The number of hydrogen-bond acceptors (Lipinski definition) is 3. The zero-order valence-electron chi connectivity index (χ0n) is 11.7. The number of rotatable bonds is 2. The maximum absolute atomic E-state index is 12.4. The minimum absolute atomic E-state index is 0.0206. The van der Waals surface area contributed by atoms with E-state index in [1.807, 2.05) is 4.90 Å². The molecule has 1 aromatic rings. The summed E-state index contributed by atoms with van der Waals surface area (Å²) < 4.78 is 0.791. The summed E-state index contributed by atoms with van der Waals surface area (Å²) in [6.07, 6.45) is 2.05. The molecule has 0 radical (unpaired) electrons. The Labute approximate surface area is 132 Å². The van der Waals surface area contributed by atoms with E-state index in [-0.39, 0.29) is 17.7 Å². The quantitative estimate of drug-likeness (QED) is 0.825. The number of nitrogens with zero attached hydrogens (tertiary/aromatic N) is 2. The molecule has 2 N–H and O–H groups in total. The van der Waals surface area contributed by atoms with Gasteiger partial charge in [-0.2, -0.15) is 0 Å². The lowest BCUT2D eigenvalue weighted by Crippen LogP contribution is -2.51. The molecule has 3 rings (SSSR count). The van der Waals surface area contributed by atoms with Crippen molar-refractivity contribution in [3.8, 4) is 0 Å². The minimum atomic E-state index is -0.0206. The largest absolute Gasteiger partial charge is 0.398 e. The Bertz CT molecular complexity index is 578. The first-order valence-corrected chi connectivity index (χ1v) is 7.98. The van der Waals surface area contributed by atoms with Crippen LogP contribution >= 0.6 is 15.9 Å². The van der Waals surface area contributed by atoms with Crippen molar-refractivity contribution in [3.63, 3.8) is 0 Å². The van der Waals surface area contributed by atoms with E-state index >= 15 is 0 Å². The fourth-order valence-corrected chi connectivity index (χ4v) is 2.82. The number of carbonyl (C=O) groups excluding carboxylic acids is 2. The maximum atomic E-state index is 12.4. The van der Waals surface area contributed by atoms with Crippen LogP contribution in [0.15, 0.2) is 22.7 Å². The lowest BCUT2D eigenvalue weighted by atomic mass is 10.1. The van der Waals surface area contributed by atoms with E-state index in [1.165, 1.54) is 0 Å². The second-order valence-electron chi connectivity index (χ2n) is 5.63. The molecule has 0 atom stereocenters. The third-order valence-corrected chi connectivity index (χ3v) is 4.77. The third-order valence-electron chi connectivity index (χ3n) is 4.05. The molecule has 2 aliphatic rings. The van der Waals surface area contributed by atoms with Crippen LogP contribution in [0, 0.1) is 5.92 Å². The molecule has 112 valence electrons. The van der Waals surface area contributed by atoms with E-state index in [1.54, 1.807) is 23.1 Å². The Morgan fingerprint density at radius 1 is 1.10 bits per heavy atom. The van der Waals surface area contributed by atoms with E-state index in [0.29, 0.717) is 37.4 Å². The van der Waals surface area contributed by atoms with Crippen molar-refractivity contribution in [3.05, 3.63) is 28.2 Å². The number of benzene rings is 1. The van der Waals surface area contributed by atoms with E-state index in [9.17, 15) is 9.59 Å². The van der Waals surface area contributed by atoms with E-state index in [4.69, 9.17) is 5.73 Å². The number of anilines is 1. The molecule has 0 spiro atoms. The topological polar surface area (TPSA) is 66.6 Å². The van der Waals surface area contributed by atoms with Gasteiger partial charge in [-0.05, 0) is 47.0 Å². The minimum Gasteiger partial charge on any atom is -0.398 e. The van der Waals surface area contributed by atoms with Crippen molar-refractivity contribution >= 4 is 33.4 Å². The first kappa shape index (κ1) is 14.4. The predicted molar refractivity (Wildman–Crippen MR) is 83.8 cm³/mol. The van der Waals surface area contributed by atoms with Gasteiger partial charge in [0.1, 0.15) is 0 Å². The summed E-state index contributed by atoms with van der Waals surface area (Å²) in [6.45, 7) is 2.45. The molecule has 2 fully saturated rings. The predicted octanol–water partition coefficient (Wildman–Crippen LogP) is 1.73. The van der Waals surface area contributed by atoms with Gasteiger partial charge in [-0.15, -0.1) is 0 Å². The third kappa shape index (κ3) is 3.05. The second kappa shape index (κ2) is 5.67. The Balaban J connectivity index is 1.61. The van der Waals surface area contributed by atoms with Gasteiger partial charge in [0.15, 0.2) is 0 Å². The van der Waals surface area contributed by atoms with Crippen LogP contribution in [0.5, 0.6) is 0 Å². The van der Waals surface area contributed by atoms with Crippen LogP contribution in [0.1, 0.15) is 23.2 Å². The van der Waals surface area contributed by atoms with Gasteiger partial charge in [0.25, 0.3) is 5.91 Å². The number of nitrogens with two attached hydrogens (primary N) is 1. The van der Waals surface area contributed by atoms with Gasteiger partial charge >= 0.3 is 0 Å². The molecule has 1 saturated heterocycles. The summed E-state index contributed by atoms with van der Waals surface area (Å²) in [5.74, 6) is 0.487. The van der Waals surface area contributed by atoms with Gasteiger partial charge in [-0.3, -0.25) is 9.59 Å². The standard InChI is InChI=1S/C15H18BrN3O2/c16-12-4-3-11(9-13(12)17)15(21)19-7-5-18(6-8-19)14(20)10-1-2-10/h3-4,9-10H,1-2,5-8,17H2. The van der Waals surface area contributed by atoms with Crippen molar-refractivity contribution in [2.45, 2.75) is 12.8 Å². The van der Waals surface area contributed by atoms with Crippen molar-refractivity contribution < 1.29 is 9.59 Å². The summed E-state index contributed by atoms with van der Waals surface area (Å²) in [7, 11) is 0. The van der Waals surface area contributed by atoms with Crippen molar-refractivity contribution in [2.24, 2.45) is 5.92 Å². The van der Waals surface area contributed by atoms with Crippen LogP contribution in [-0.2, 0) is 4.79 Å². The molecule has 1 aromatic carbocycles. The monoisotopic (exact) mass is 351 g/mol. The molecule has 1 aliphatic carbocycles. The number of hydrogen-bond donors (Lipinski definition) is 1. The first-order valence-electron chi connectivity index (χ1n) is 7.19. The summed E-state index contributed by atoms with van der Waals surface area (Å²) >= 11 is 3.32. The molecule has 21 heavy (non-hydrogen) atoms. The molecule has 1 aliphatic heterocycles. The van der Waals surface area contributed by atoms with E-state index < -0.39 is 0 Å². The van der Waals surface area contributed by atoms with Gasteiger partial charge < -0.3 is 15.5 Å². The lowest BCUT2D eigenvalue weighted by molar-refractivity contribution is -0.134. The molecule has 1 heterocycles. The SMILES string of the molecule is Nc1cc(C(=O)N2CCN(C(=O)C3CC3)CC2)ccc1Br. The molecule has 0 aromatic heterocycles. The molecule has 1 saturated carbocycles. The highest BCUT2D eigenvalue weighted by atomic mass is 79.9. The molecular weight excluding hydrogens is 334 g/mol. The van der Waals surface area contributed by atoms with Gasteiger partial charge in [0, 0.05) is 47.8 Å². The summed E-state index contributed by atoms with van der Waals surface area (Å²) in [6, 6.07) is 5.24. The van der Waals surface area contributed by atoms with Crippen molar-refractivity contribution in [1.82, 2.24) is 9.80 Å².